The van der Waals surface area contributed by atoms with Gasteiger partial charge in [0.25, 0.3) is 0 Å². The van der Waals surface area contributed by atoms with E-state index in [9.17, 15) is 0 Å². The molecule has 1 aromatic carbocycles. The molecule has 1 aliphatic heterocycles. The highest BCUT2D eigenvalue weighted by atomic mass is 16.5. The maximum Gasteiger partial charge on any atom is 0.127 e. The number of ether oxygens (including phenoxy) is 1. The molecule has 0 bridgehead atoms. The molecule has 0 saturated heterocycles. The van der Waals surface area contributed by atoms with Crippen LogP contribution in [0.4, 0.5) is 0 Å². The van der Waals surface area contributed by atoms with E-state index in [4.69, 9.17) is 10.5 Å². The van der Waals surface area contributed by atoms with E-state index in [2.05, 4.69) is 32.0 Å². The van der Waals surface area contributed by atoms with Crippen LogP contribution in [-0.2, 0) is 6.42 Å². The van der Waals surface area contributed by atoms with Crippen LogP contribution in [-0.4, -0.2) is 6.61 Å². The summed E-state index contributed by atoms with van der Waals surface area (Å²) in [4.78, 5) is 0. The second-order valence-corrected chi connectivity index (χ2v) is 4.56. The first-order valence-electron chi connectivity index (χ1n) is 5.70. The van der Waals surface area contributed by atoms with Crippen LogP contribution in [0.2, 0.25) is 0 Å². The Kier molecular flexibility index (Phi) is 2.96. The van der Waals surface area contributed by atoms with Gasteiger partial charge in [-0.1, -0.05) is 32.0 Å². The van der Waals surface area contributed by atoms with Gasteiger partial charge in [0, 0.05) is 11.6 Å². The fourth-order valence-corrected chi connectivity index (χ4v) is 2.04. The molecule has 0 aromatic heterocycles. The Morgan fingerprint density at radius 3 is 2.87 bits per heavy atom. The van der Waals surface area contributed by atoms with Crippen LogP contribution in [0, 0.1) is 5.92 Å². The lowest BCUT2D eigenvalue weighted by molar-refractivity contribution is 0.281. The summed E-state index contributed by atoms with van der Waals surface area (Å²) in [5.41, 5.74) is 8.67. The summed E-state index contributed by atoms with van der Waals surface area (Å²) < 4.78 is 5.75. The highest BCUT2D eigenvalue weighted by Gasteiger charge is 2.20. The first-order chi connectivity index (χ1) is 7.20. The summed E-state index contributed by atoms with van der Waals surface area (Å²) in [6, 6.07) is 6.41. The molecular weight excluding hydrogens is 186 g/mol. The summed E-state index contributed by atoms with van der Waals surface area (Å²) >= 11 is 0. The van der Waals surface area contributed by atoms with E-state index in [1.807, 2.05) is 0 Å². The number of hydrogen-bond donors (Lipinski definition) is 1. The lowest BCUT2D eigenvalue weighted by atomic mass is 9.92. The number of fused-ring (bicyclic) bond motifs is 1. The number of aryl methyl sites for hydroxylation is 1. The third-order valence-electron chi connectivity index (χ3n) is 3.04. The normalized spacial score (nSPS) is 17.1. The molecule has 15 heavy (non-hydrogen) atoms. The van der Waals surface area contributed by atoms with Gasteiger partial charge in [0.1, 0.15) is 5.75 Å². The number of hydrogen-bond acceptors (Lipinski definition) is 2. The molecule has 0 spiro atoms. The smallest absolute Gasteiger partial charge is 0.127 e. The van der Waals surface area contributed by atoms with Gasteiger partial charge in [0.15, 0.2) is 0 Å². The molecule has 0 fully saturated rings. The first kappa shape index (κ1) is 10.5. The largest absolute Gasteiger partial charge is 0.493 e. The number of benzene rings is 1. The van der Waals surface area contributed by atoms with Gasteiger partial charge < -0.3 is 10.5 Å². The topological polar surface area (TPSA) is 35.2 Å². The lowest BCUT2D eigenvalue weighted by Gasteiger charge is -2.24. The van der Waals surface area contributed by atoms with Crippen molar-refractivity contribution in [2.24, 2.45) is 11.7 Å². The maximum absolute atomic E-state index is 6.18. The Balaban J connectivity index is 2.39. The van der Waals surface area contributed by atoms with Crippen LogP contribution in [0.1, 0.15) is 37.4 Å². The molecule has 2 N–H and O–H groups in total. The van der Waals surface area contributed by atoms with E-state index in [0.29, 0.717) is 5.92 Å². The third-order valence-corrected chi connectivity index (χ3v) is 3.04. The lowest BCUT2D eigenvalue weighted by Crippen LogP contribution is -2.20. The van der Waals surface area contributed by atoms with Crippen molar-refractivity contribution in [3.63, 3.8) is 0 Å². The van der Waals surface area contributed by atoms with Gasteiger partial charge in [0.2, 0.25) is 0 Å². The quantitative estimate of drug-likeness (QED) is 0.805. The molecule has 1 unspecified atom stereocenters. The van der Waals surface area contributed by atoms with Crippen LogP contribution in [0.3, 0.4) is 0 Å². The number of para-hydroxylation sites is 1. The second-order valence-electron chi connectivity index (χ2n) is 4.56. The van der Waals surface area contributed by atoms with Crippen molar-refractivity contribution >= 4 is 0 Å². The summed E-state index contributed by atoms with van der Waals surface area (Å²) in [6.07, 6.45) is 2.24. The van der Waals surface area contributed by atoms with Crippen molar-refractivity contribution in [2.75, 3.05) is 6.61 Å². The molecular formula is C13H19NO. The Morgan fingerprint density at radius 2 is 2.13 bits per heavy atom. The standard InChI is InChI=1S/C13H19NO/c1-9(2)12(14)11-7-3-5-10-6-4-8-15-13(10)11/h3,5,7,9,12H,4,6,8,14H2,1-2H3. The minimum atomic E-state index is 0.0815. The molecule has 1 aliphatic rings. The molecule has 2 rings (SSSR count). The second kappa shape index (κ2) is 4.23. The predicted molar refractivity (Wildman–Crippen MR) is 62.0 cm³/mol. The molecule has 0 aliphatic carbocycles. The van der Waals surface area contributed by atoms with Gasteiger partial charge in [-0.3, -0.25) is 0 Å². The molecule has 0 radical (unpaired) electrons. The van der Waals surface area contributed by atoms with Crippen molar-refractivity contribution in [1.29, 1.82) is 0 Å². The molecule has 0 amide bonds. The van der Waals surface area contributed by atoms with Gasteiger partial charge in [-0.05, 0) is 24.3 Å². The summed E-state index contributed by atoms with van der Waals surface area (Å²) in [6.45, 7) is 5.12. The first-order valence-corrected chi connectivity index (χ1v) is 5.70. The highest BCUT2D eigenvalue weighted by molar-refractivity contribution is 5.44. The number of rotatable bonds is 2. The zero-order chi connectivity index (χ0) is 10.8. The number of nitrogens with two attached hydrogens (primary N) is 1. The van der Waals surface area contributed by atoms with Crippen molar-refractivity contribution in [3.05, 3.63) is 29.3 Å². The molecule has 1 atom stereocenters. The zero-order valence-electron chi connectivity index (χ0n) is 9.49. The van der Waals surface area contributed by atoms with E-state index in [1.54, 1.807) is 0 Å². The Labute approximate surface area is 91.4 Å². The molecule has 1 aromatic rings. The van der Waals surface area contributed by atoms with Crippen molar-refractivity contribution in [1.82, 2.24) is 0 Å². The predicted octanol–water partition coefficient (Wildman–Crippen LogP) is 2.67. The highest BCUT2D eigenvalue weighted by Crippen LogP contribution is 2.34. The van der Waals surface area contributed by atoms with Gasteiger partial charge in [-0.2, -0.15) is 0 Å². The van der Waals surface area contributed by atoms with Crippen LogP contribution in [0.5, 0.6) is 5.75 Å². The van der Waals surface area contributed by atoms with Crippen LogP contribution in [0.15, 0.2) is 18.2 Å². The molecule has 1 heterocycles. The molecule has 2 heteroatoms. The Morgan fingerprint density at radius 1 is 1.33 bits per heavy atom. The maximum atomic E-state index is 6.18. The van der Waals surface area contributed by atoms with Crippen molar-refractivity contribution in [2.45, 2.75) is 32.7 Å². The van der Waals surface area contributed by atoms with Gasteiger partial charge in [0.05, 0.1) is 6.61 Å². The SMILES string of the molecule is CC(C)C(N)c1cccc2c1OCCC2. The van der Waals surface area contributed by atoms with Crippen molar-refractivity contribution in [3.8, 4) is 5.75 Å². The Hall–Kier alpha value is -1.02. The van der Waals surface area contributed by atoms with E-state index >= 15 is 0 Å². The van der Waals surface area contributed by atoms with Crippen molar-refractivity contribution < 1.29 is 4.74 Å². The van der Waals surface area contributed by atoms with Crippen LogP contribution >= 0.6 is 0 Å². The van der Waals surface area contributed by atoms with E-state index in [-0.39, 0.29) is 6.04 Å². The Bertz CT molecular complexity index is 346. The third kappa shape index (κ3) is 2.00. The van der Waals surface area contributed by atoms with Gasteiger partial charge in [-0.25, -0.2) is 0 Å². The van der Waals surface area contributed by atoms with Crippen LogP contribution < -0.4 is 10.5 Å². The molecule has 82 valence electrons. The van der Waals surface area contributed by atoms with E-state index in [0.717, 1.165) is 25.2 Å². The minimum Gasteiger partial charge on any atom is -0.493 e. The average molecular weight is 205 g/mol. The summed E-state index contributed by atoms with van der Waals surface area (Å²) in [7, 11) is 0. The fourth-order valence-electron chi connectivity index (χ4n) is 2.04. The molecule has 0 saturated carbocycles. The average Bonchev–Trinajstić information content (AvgIpc) is 2.27. The van der Waals surface area contributed by atoms with E-state index < -0.39 is 0 Å². The van der Waals surface area contributed by atoms with Crippen LogP contribution in [0.25, 0.3) is 0 Å². The molecule has 2 nitrogen and oxygen atoms in total. The summed E-state index contributed by atoms with van der Waals surface area (Å²) in [5.74, 6) is 1.49. The summed E-state index contributed by atoms with van der Waals surface area (Å²) in [5, 5.41) is 0. The van der Waals surface area contributed by atoms with Gasteiger partial charge >= 0.3 is 0 Å². The fraction of sp³-hybridized carbons (Fsp3) is 0.538. The minimum absolute atomic E-state index is 0.0815. The van der Waals surface area contributed by atoms with Gasteiger partial charge in [-0.15, -0.1) is 0 Å². The zero-order valence-corrected chi connectivity index (χ0v) is 9.49. The van der Waals surface area contributed by atoms with E-state index in [1.165, 1.54) is 11.1 Å². The monoisotopic (exact) mass is 205 g/mol.